The van der Waals surface area contributed by atoms with Crippen molar-refractivity contribution in [2.24, 2.45) is 0 Å². The molecule has 2 aromatic rings. The molecule has 0 spiro atoms. The lowest BCUT2D eigenvalue weighted by molar-refractivity contribution is 0.171. The third kappa shape index (κ3) is 3.13. The fourth-order valence-corrected chi connectivity index (χ4v) is 2.11. The van der Waals surface area contributed by atoms with Crippen molar-refractivity contribution in [3.8, 4) is 0 Å². The highest BCUT2D eigenvalue weighted by molar-refractivity contribution is 9.10. The molecule has 1 aromatic carbocycles. The van der Waals surface area contributed by atoms with Gasteiger partial charge in [0, 0.05) is 28.9 Å². The number of aromatic nitrogens is 1. The van der Waals surface area contributed by atoms with Crippen LogP contribution in [0, 0.1) is 17.5 Å². The Morgan fingerprint density at radius 3 is 2.58 bits per heavy atom. The number of benzene rings is 1. The summed E-state index contributed by atoms with van der Waals surface area (Å²) in [6.07, 6.45) is 1.85. The second-order valence-electron chi connectivity index (χ2n) is 4.00. The van der Waals surface area contributed by atoms with Crippen LogP contribution in [0.3, 0.4) is 0 Å². The molecule has 0 saturated carbocycles. The summed E-state index contributed by atoms with van der Waals surface area (Å²) >= 11 is 3.22. The molecule has 0 aliphatic carbocycles. The Morgan fingerprint density at radius 2 is 1.89 bits per heavy atom. The van der Waals surface area contributed by atoms with E-state index in [1.165, 1.54) is 6.20 Å². The van der Waals surface area contributed by atoms with Crippen molar-refractivity contribution >= 4 is 15.9 Å². The molecule has 0 amide bonds. The van der Waals surface area contributed by atoms with Crippen LogP contribution in [0.2, 0.25) is 0 Å². The molecule has 0 radical (unpaired) electrons. The van der Waals surface area contributed by atoms with Gasteiger partial charge in [-0.15, -0.1) is 0 Å². The smallest absolute Gasteiger partial charge is 0.194 e. The SMILES string of the molecule is OC(Cc1cncc(Br)c1)c1ccc(F)c(F)c1F. The maximum Gasteiger partial charge on any atom is 0.194 e. The first-order valence-corrected chi connectivity index (χ1v) is 6.19. The molecule has 1 N–H and O–H groups in total. The van der Waals surface area contributed by atoms with Crippen LogP contribution >= 0.6 is 15.9 Å². The van der Waals surface area contributed by atoms with E-state index in [0.29, 0.717) is 10.0 Å². The van der Waals surface area contributed by atoms with Crippen LogP contribution in [0.4, 0.5) is 13.2 Å². The first-order chi connectivity index (χ1) is 8.99. The Hall–Kier alpha value is -1.40. The molecule has 6 heteroatoms. The molecular weight excluding hydrogens is 323 g/mol. The van der Waals surface area contributed by atoms with Crippen molar-refractivity contribution in [3.63, 3.8) is 0 Å². The number of aliphatic hydroxyl groups excluding tert-OH is 1. The largest absolute Gasteiger partial charge is 0.388 e. The van der Waals surface area contributed by atoms with Gasteiger partial charge in [-0.2, -0.15) is 0 Å². The molecule has 1 atom stereocenters. The Morgan fingerprint density at radius 1 is 1.16 bits per heavy atom. The highest BCUT2D eigenvalue weighted by Gasteiger charge is 2.19. The third-order valence-corrected chi connectivity index (χ3v) is 3.05. The monoisotopic (exact) mass is 331 g/mol. The van der Waals surface area contributed by atoms with E-state index in [2.05, 4.69) is 20.9 Å². The standard InChI is InChI=1S/C13H9BrF3NO/c14-8-3-7(5-18-6-8)4-11(19)9-1-2-10(15)13(17)12(9)16/h1-3,5-6,11,19H,4H2. The molecular formula is C13H9BrF3NO. The van der Waals surface area contributed by atoms with Crippen LogP contribution in [-0.2, 0) is 6.42 Å². The van der Waals surface area contributed by atoms with Gasteiger partial charge >= 0.3 is 0 Å². The summed E-state index contributed by atoms with van der Waals surface area (Å²) in [7, 11) is 0. The summed E-state index contributed by atoms with van der Waals surface area (Å²) < 4.78 is 40.1. The molecule has 2 nitrogen and oxygen atoms in total. The lowest BCUT2D eigenvalue weighted by Gasteiger charge is -2.12. The lowest BCUT2D eigenvalue weighted by Crippen LogP contribution is -2.07. The maximum atomic E-state index is 13.5. The van der Waals surface area contributed by atoms with Gasteiger partial charge in [0.2, 0.25) is 0 Å². The van der Waals surface area contributed by atoms with Crippen LogP contribution in [0.15, 0.2) is 35.1 Å². The zero-order valence-corrected chi connectivity index (χ0v) is 11.2. The van der Waals surface area contributed by atoms with Gasteiger partial charge in [-0.05, 0) is 33.6 Å². The topological polar surface area (TPSA) is 33.1 Å². The highest BCUT2D eigenvalue weighted by atomic mass is 79.9. The maximum absolute atomic E-state index is 13.5. The summed E-state index contributed by atoms with van der Waals surface area (Å²) in [5, 5.41) is 9.89. The zero-order chi connectivity index (χ0) is 14.0. The van der Waals surface area contributed by atoms with E-state index in [1.807, 2.05) is 0 Å². The second kappa shape index (κ2) is 5.71. The predicted molar refractivity (Wildman–Crippen MR) is 66.9 cm³/mol. The number of rotatable bonds is 3. The number of halogens is 4. The van der Waals surface area contributed by atoms with Crippen LogP contribution in [-0.4, -0.2) is 10.1 Å². The van der Waals surface area contributed by atoms with Crippen molar-refractivity contribution in [3.05, 3.63) is 63.6 Å². The number of nitrogens with zero attached hydrogens (tertiary/aromatic N) is 1. The summed E-state index contributed by atoms with van der Waals surface area (Å²) in [5.41, 5.74) is 0.366. The van der Waals surface area contributed by atoms with Gasteiger partial charge in [-0.3, -0.25) is 4.98 Å². The Labute approximate surface area is 116 Å². The molecule has 0 saturated heterocycles. The van der Waals surface area contributed by atoms with Gasteiger partial charge in [0.15, 0.2) is 17.5 Å². The lowest BCUT2D eigenvalue weighted by atomic mass is 10.0. The normalized spacial score (nSPS) is 12.5. The molecule has 0 aliphatic rings. The average Bonchev–Trinajstić information content (AvgIpc) is 2.36. The highest BCUT2D eigenvalue weighted by Crippen LogP contribution is 2.24. The number of hydrogen-bond donors (Lipinski definition) is 1. The van der Waals surface area contributed by atoms with Crippen molar-refractivity contribution in [1.29, 1.82) is 0 Å². The van der Waals surface area contributed by atoms with Crippen LogP contribution < -0.4 is 0 Å². The Balaban J connectivity index is 2.25. The van der Waals surface area contributed by atoms with Gasteiger partial charge in [-0.25, -0.2) is 13.2 Å². The summed E-state index contributed by atoms with van der Waals surface area (Å²) in [5.74, 6) is -4.23. The van der Waals surface area contributed by atoms with E-state index >= 15 is 0 Å². The Bertz CT molecular complexity index is 606. The number of pyridine rings is 1. The quantitative estimate of drug-likeness (QED) is 0.873. The molecule has 19 heavy (non-hydrogen) atoms. The van der Waals surface area contributed by atoms with Crippen molar-refractivity contribution in [1.82, 2.24) is 4.98 Å². The van der Waals surface area contributed by atoms with Crippen LogP contribution in [0.25, 0.3) is 0 Å². The van der Waals surface area contributed by atoms with Crippen LogP contribution in [0.5, 0.6) is 0 Å². The molecule has 100 valence electrons. The first-order valence-electron chi connectivity index (χ1n) is 5.40. The molecule has 0 aliphatic heterocycles. The summed E-state index contributed by atoms with van der Waals surface area (Å²) in [6.45, 7) is 0. The van der Waals surface area contributed by atoms with E-state index < -0.39 is 23.6 Å². The number of hydrogen-bond acceptors (Lipinski definition) is 2. The molecule has 1 unspecified atom stereocenters. The molecule has 2 rings (SSSR count). The molecule has 0 fully saturated rings. The third-order valence-electron chi connectivity index (χ3n) is 2.61. The minimum atomic E-state index is -1.58. The minimum Gasteiger partial charge on any atom is -0.388 e. The van der Waals surface area contributed by atoms with E-state index in [1.54, 1.807) is 12.3 Å². The van der Waals surface area contributed by atoms with Crippen molar-refractivity contribution in [2.45, 2.75) is 12.5 Å². The van der Waals surface area contributed by atoms with E-state index in [-0.39, 0.29) is 12.0 Å². The fraction of sp³-hybridized carbons (Fsp3) is 0.154. The van der Waals surface area contributed by atoms with Gasteiger partial charge in [0.1, 0.15) is 0 Å². The summed E-state index contributed by atoms with van der Waals surface area (Å²) in [6, 6.07) is 3.52. The van der Waals surface area contributed by atoms with E-state index in [4.69, 9.17) is 0 Å². The zero-order valence-electron chi connectivity index (χ0n) is 9.58. The molecule has 1 aromatic heterocycles. The summed E-state index contributed by atoms with van der Waals surface area (Å²) in [4.78, 5) is 3.90. The van der Waals surface area contributed by atoms with Gasteiger partial charge in [0.05, 0.1) is 6.10 Å². The second-order valence-corrected chi connectivity index (χ2v) is 4.91. The van der Waals surface area contributed by atoms with E-state index in [9.17, 15) is 18.3 Å². The minimum absolute atomic E-state index is 0.0500. The van der Waals surface area contributed by atoms with Crippen molar-refractivity contribution < 1.29 is 18.3 Å². The van der Waals surface area contributed by atoms with Gasteiger partial charge in [-0.1, -0.05) is 6.07 Å². The number of aliphatic hydroxyl groups is 1. The van der Waals surface area contributed by atoms with Crippen molar-refractivity contribution in [2.75, 3.05) is 0 Å². The van der Waals surface area contributed by atoms with Gasteiger partial charge < -0.3 is 5.11 Å². The molecule has 0 bridgehead atoms. The fourth-order valence-electron chi connectivity index (χ4n) is 1.70. The molecule has 1 heterocycles. The van der Waals surface area contributed by atoms with E-state index in [0.717, 1.165) is 12.1 Å². The Kier molecular flexibility index (Phi) is 4.21. The average molecular weight is 332 g/mol. The first kappa shape index (κ1) is 14.0. The van der Waals surface area contributed by atoms with Crippen LogP contribution in [0.1, 0.15) is 17.2 Å². The predicted octanol–water partition coefficient (Wildman–Crippen LogP) is 3.54. The van der Waals surface area contributed by atoms with Gasteiger partial charge in [0.25, 0.3) is 0 Å².